The van der Waals surface area contributed by atoms with Crippen LogP contribution in [0.5, 0.6) is 11.5 Å². The molecule has 0 saturated heterocycles. The molecule has 0 bridgehead atoms. The number of ether oxygens (including phenoxy) is 2. The van der Waals surface area contributed by atoms with E-state index in [1.807, 2.05) is 5.32 Å². The molecule has 1 unspecified atom stereocenters. The van der Waals surface area contributed by atoms with Crippen molar-refractivity contribution in [3.05, 3.63) is 23.3 Å². The normalized spacial score (nSPS) is 12.7. The zero-order valence-corrected chi connectivity index (χ0v) is 13.1. The molecular formula is C15H19F4NO3. The Labute approximate surface area is 131 Å². The molecule has 1 N–H and O–H groups in total. The van der Waals surface area contributed by atoms with Crippen LogP contribution in [0.15, 0.2) is 12.1 Å². The van der Waals surface area contributed by atoms with Gasteiger partial charge in [0.05, 0.1) is 20.9 Å². The molecule has 8 heteroatoms. The Balaban J connectivity index is 2.96. The topological polar surface area (TPSA) is 47.6 Å². The second-order valence-corrected chi connectivity index (χ2v) is 4.99. The summed E-state index contributed by atoms with van der Waals surface area (Å²) in [6.45, 7) is 0.877. The SMILES string of the molecule is COc1cc(CC(C)NC(=O)C(F)(F)F)c(OC)cc1CCF. The molecule has 0 heterocycles. The van der Waals surface area contributed by atoms with E-state index in [1.54, 1.807) is 12.1 Å². The van der Waals surface area contributed by atoms with Gasteiger partial charge in [0.1, 0.15) is 11.5 Å². The number of rotatable bonds is 7. The van der Waals surface area contributed by atoms with Crippen molar-refractivity contribution in [2.75, 3.05) is 20.9 Å². The minimum atomic E-state index is -4.93. The fourth-order valence-electron chi connectivity index (χ4n) is 2.17. The highest BCUT2D eigenvalue weighted by molar-refractivity contribution is 5.81. The summed E-state index contributed by atoms with van der Waals surface area (Å²) in [6, 6.07) is 2.40. The summed E-state index contributed by atoms with van der Waals surface area (Å²) in [5.41, 5.74) is 1.16. The average molecular weight is 337 g/mol. The second kappa shape index (κ2) is 8.03. The fraction of sp³-hybridized carbons (Fsp3) is 0.533. The summed E-state index contributed by atoms with van der Waals surface area (Å²) in [5, 5.41) is 1.88. The molecule has 1 atom stereocenters. The van der Waals surface area contributed by atoms with Crippen LogP contribution >= 0.6 is 0 Å². The van der Waals surface area contributed by atoms with Gasteiger partial charge in [-0.2, -0.15) is 13.2 Å². The van der Waals surface area contributed by atoms with Crippen LogP contribution in [0.1, 0.15) is 18.1 Å². The van der Waals surface area contributed by atoms with Crippen LogP contribution in [0.25, 0.3) is 0 Å². The van der Waals surface area contributed by atoms with Gasteiger partial charge in [-0.05, 0) is 31.0 Å². The number of alkyl halides is 4. The Hall–Kier alpha value is -1.99. The van der Waals surface area contributed by atoms with Gasteiger partial charge in [0, 0.05) is 18.0 Å². The number of halogens is 4. The second-order valence-electron chi connectivity index (χ2n) is 4.99. The molecule has 0 aliphatic rings. The molecule has 1 amide bonds. The smallest absolute Gasteiger partial charge is 0.471 e. The predicted octanol–water partition coefficient (Wildman–Crippen LogP) is 2.83. The Morgan fingerprint density at radius 3 is 2.17 bits per heavy atom. The van der Waals surface area contributed by atoms with Gasteiger partial charge in [-0.3, -0.25) is 9.18 Å². The van der Waals surface area contributed by atoms with Crippen molar-refractivity contribution in [3.8, 4) is 11.5 Å². The van der Waals surface area contributed by atoms with Crippen LogP contribution in [-0.4, -0.2) is 39.0 Å². The number of amides is 1. The van der Waals surface area contributed by atoms with Crippen LogP contribution in [-0.2, 0) is 17.6 Å². The highest BCUT2D eigenvalue weighted by Gasteiger charge is 2.39. The van der Waals surface area contributed by atoms with Gasteiger partial charge in [0.2, 0.25) is 0 Å². The van der Waals surface area contributed by atoms with Gasteiger partial charge >= 0.3 is 12.1 Å². The molecule has 0 spiro atoms. The van der Waals surface area contributed by atoms with E-state index in [0.717, 1.165) is 0 Å². The zero-order chi connectivity index (χ0) is 17.6. The molecule has 1 aromatic carbocycles. The summed E-state index contributed by atoms with van der Waals surface area (Å²) < 4.78 is 59.7. The first kappa shape index (κ1) is 19.1. The first-order chi connectivity index (χ1) is 10.7. The van der Waals surface area contributed by atoms with E-state index in [0.29, 0.717) is 22.6 Å². The van der Waals surface area contributed by atoms with Crippen LogP contribution in [0, 0.1) is 0 Å². The van der Waals surface area contributed by atoms with Crippen molar-refractivity contribution in [1.29, 1.82) is 0 Å². The van der Waals surface area contributed by atoms with Crippen LogP contribution in [0.4, 0.5) is 17.6 Å². The number of hydrogen-bond acceptors (Lipinski definition) is 3. The third-order valence-electron chi connectivity index (χ3n) is 3.21. The number of methoxy groups -OCH3 is 2. The van der Waals surface area contributed by atoms with Crippen LogP contribution in [0.3, 0.4) is 0 Å². The Morgan fingerprint density at radius 1 is 1.17 bits per heavy atom. The van der Waals surface area contributed by atoms with Gasteiger partial charge in [-0.15, -0.1) is 0 Å². The lowest BCUT2D eigenvalue weighted by molar-refractivity contribution is -0.174. The molecule has 23 heavy (non-hydrogen) atoms. The summed E-state index contributed by atoms with van der Waals surface area (Å²) >= 11 is 0. The Kier molecular flexibility index (Phi) is 6.65. The number of hydrogen-bond donors (Lipinski definition) is 1. The number of carbonyl (C=O) groups excluding carboxylic acids is 1. The standard InChI is InChI=1S/C15H19F4NO3/c1-9(20-14(21)15(17,18)19)6-11-8-12(22-2)10(4-5-16)7-13(11)23-3/h7-9H,4-6H2,1-3H3,(H,20,21). The molecular weight excluding hydrogens is 318 g/mol. The minimum Gasteiger partial charge on any atom is -0.496 e. The van der Waals surface area contributed by atoms with Crippen molar-refractivity contribution in [2.45, 2.75) is 32.0 Å². The summed E-state index contributed by atoms with van der Waals surface area (Å²) in [7, 11) is 2.83. The number of benzene rings is 1. The Morgan fingerprint density at radius 2 is 1.70 bits per heavy atom. The maximum absolute atomic E-state index is 12.5. The molecule has 0 aliphatic heterocycles. The van der Waals surface area contributed by atoms with E-state index < -0.39 is 24.8 Å². The number of aryl methyl sites for hydroxylation is 1. The first-order valence-electron chi connectivity index (χ1n) is 6.90. The Bertz CT molecular complexity index is 546. The highest BCUT2D eigenvalue weighted by Crippen LogP contribution is 2.30. The highest BCUT2D eigenvalue weighted by atomic mass is 19.4. The van der Waals surface area contributed by atoms with E-state index in [-0.39, 0.29) is 12.8 Å². The van der Waals surface area contributed by atoms with E-state index in [4.69, 9.17) is 9.47 Å². The van der Waals surface area contributed by atoms with Crippen molar-refractivity contribution in [1.82, 2.24) is 5.32 Å². The monoisotopic (exact) mass is 337 g/mol. The van der Waals surface area contributed by atoms with Gasteiger partial charge in [0.15, 0.2) is 0 Å². The molecule has 1 aromatic rings. The molecule has 0 fully saturated rings. The molecule has 1 rings (SSSR count). The lowest BCUT2D eigenvalue weighted by Crippen LogP contribution is -2.42. The first-order valence-corrected chi connectivity index (χ1v) is 6.90. The number of nitrogens with one attached hydrogen (secondary N) is 1. The van der Waals surface area contributed by atoms with Crippen molar-refractivity contribution in [2.24, 2.45) is 0 Å². The number of carbonyl (C=O) groups is 1. The summed E-state index contributed by atoms with van der Waals surface area (Å²) in [4.78, 5) is 10.9. The average Bonchev–Trinajstić information content (AvgIpc) is 2.47. The molecule has 0 aliphatic carbocycles. The largest absolute Gasteiger partial charge is 0.496 e. The van der Waals surface area contributed by atoms with Gasteiger partial charge in [0.25, 0.3) is 0 Å². The van der Waals surface area contributed by atoms with Crippen molar-refractivity contribution in [3.63, 3.8) is 0 Å². The summed E-state index contributed by atoms with van der Waals surface area (Å²) in [6.07, 6.45) is -4.68. The maximum atomic E-state index is 12.5. The molecule has 130 valence electrons. The molecule has 0 radical (unpaired) electrons. The quantitative estimate of drug-likeness (QED) is 0.779. The minimum absolute atomic E-state index is 0.108. The lowest BCUT2D eigenvalue weighted by Gasteiger charge is -2.19. The van der Waals surface area contributed by atoms with E-state index >= 15 is 0 Å². The molecule has 4 nitrogen and oxygen atoms in total. The third kappa shape index (κ3) is 5.30. The fourth-order valence-corrected chi connectivity index (χ4v) is 2.17. The van der Waals surface area contributed by atoms with Gasteiger partial charge in [-0.25, -0.2) is 0 Å². The van der Waals surface area contributed by atoms with Gasteiger partial charge in [-0.1, -0.05) is 0 Å². The maximum Gasteiger partial charge on any atom is 0.471 e. The van der Waals surface area contributed by atoms with Gasteiger partial charge < -0.3 is 14.8 Å². The summed E-state index contributed by atoms with van der Waals surface area (Å²) in [5.74, 6) is -1.17. The predicted molar refractivity (Wildman–Crippen MR) is 76.6 cm³/mol. The van der Waals surface area contributed by atoms with E-state index in [9.17, 15) is 22.4 Å². The third-order valence-corrected chi connectivity index (χ3v) is 3.21. The molecule has 0 saturated carbocycles. The lowest BCUT2D eigenvalue weighted by atomic mass is 10.0. The van der Waals surface area contributed by atoms with Crippen LogP contribution in [0.2, 0.25) is 0 Å². The van der Waals surface area contributed by atoms with Crippen molar-refractivity contribution < 1.29 is 31.8 Å². The molecule has 0 aromatic heterocycles. The van der Waals surface area contributed by atoms with Crippen LogP contribution < -0.4 is 14.8 Å². The van der Waals surface area contributed by atoms with Crippen molar-refractivity contribution >= 4 is 5.91 Å². The zero-order valence-electron chi connectivity index (χ0n) is 13.1. The van der Waals surface area contributed by atoms with E-state index in [2.05, 4.69) is 0 Å². The van der Waals surface area contributed by atoms with E-state index in [1.165, 1.54) is 21.1 Å².